The third kappa shape index (κ3) is 3.84. The average molecular weight is 271 g/mol. The highest BCUT2D eigenvalue weighted by atomic mass is 35.5. The number of hydrogen-bond donors (Lipinski definition) is 2. The van der Waals surface area contributed by atoms with Crippen molar-refractivity contribution in [1.82, 2.24) is 9.97 Å². The first-order valence-electron chi connectivity index (χ1n) is 5.91. The molecule has 0 aliphatic heterocycles. The number of primary amides is 1. The molecule has 0 spiro atoms. The third-order valence-corrected chi connectivity index (χ3v) is 2.70. The van der Waals surface area contributed by atoms with Gasteiger partial charge in [-0.05, 0) is 5.92 Å². The van der Waals surface area contributed by atoms with E-state index in [1.807, 2.05) is 27.7 Å². The van der Waals surface area contributed by atoms with Crippen LogP contribution in [0, 0.1) is 5.92 Å². The number of halogens is 1. The molecule has 5 nitrogen and oxygen atoms in total. The van der Waals surface area contributed by atoms with E-state index in [0.29, 0.717) is 16.8 Å². The van der Waals surface area contributed by atoms with Gasteiger partial charge in [-0.15, -0.1) is 0 Å². The van der Waals surface area contributed by atoms with Gasteiger partial charge in [0.15, 0.2) is 0 Å². The second kappa shape index (κ2) is 6.00. The van der Waals surface area contributed by atoms with Crippen molar-refractivity contribution in [3.05, 3.63) is 17.0 Å². The maximum Gasteiger partial charge on any atom is 0.240 e. The lowest BCUT2D eigenvalue weighted by atomic mass is 10.0. The van der Waals surface area contributed by atoms with Gasteiger partial charge >= 0.3 is 0 Å². The minimum Gasteiger partial charge on any atom is -0.368 e. The molecule has 0 aliphatic carbocycles. The highest BCUT2D eigenvalue weighted by Crippen LogP contribution is 2.18. The molecular weight excluding hydrogens is 252 g/mol. The van der Waals surface area contributed by atoms with Gasteiger partial charge in [-0.25, -0.2) is 9.97 Å². The first-order valence-corrected chi connectivity index (χ1v) is 6.29. The fourth-order valence-corrected chi connectivity index (χ4v) is 1.68. The molecule has 0 aromatic carbocycles. The van der Waals surface area contributed by atoms with E-state index in [0.717, 1.165) is 0 Å². The van der Waals surface area contributed by atoms with Crippen molar-refractivity contribution in [2.45, 2.75) is 39.7 Å². The lowest BCUT2D eigenvalue weighted by Crippen LogP contribution is -2.39. The number of carbonyl (C=O) groups is 1. The van der Waals surface area contributed by atoms with Crippen LogP contribution in [0.25, 0.3) is 0 Å². The summed E-state index contributed by atoms with van der Waals surface area (Å²) in [6.07, 6.45) is 0. The van der Waals surface area contributed by atoms with Crippen molar-refractivity contribution in [2.24, 2.45) is 11.7 Å². The smallest absolute Gasteiger partial charge is 0.240 e. The molecule has 1 rings (SSSR count). The summed E-state index contributed by atoms with van der Waals surface area (Å²) >= 11 is 5.93. The molecule has 1 unspecified atom stereocenters. The van der Waals surface area contributed by atoms with Crippen LogP contribution in [0.3, 0.4) is 0 Å². The van der Waals surface area contributed by atoms with Gasteiger partial charge in [-0.2, -0.15) is 0 Å². The zero-order chi connectivity index (χ0) is 13.9. The van der Waals surface area contributed by atoms with Gasteiger partial charge in [0.25, 0.3) is 0 Å². The Hall–Kier alpha value is -1.36. The van der Waals surface area contributed by atoms with Crippen LogP contribution in [0.15, 0.2) is 6.07 Å². The lowest BCUT2D eigenvalue weighted by molar-refractivity contribution is -0.119. The van der Waals surface area contributed by atoms with E-state index in [4.69, 9.17) is 17.3 Å². The number of nitrogens with one attached hydrogen (secondary N) is 1. The maximum atomic E-state index is 11.3. The average Bonchev–Trinajstić information content (AvgIpc) is 2.24. The van der Waals surface area contributed by atoms with Crippen molar-refractivity contribution in [1.29, 1.82) is 0 Å². The molecule has 0 saturated heterocycles. The SMILES string of the molecule is CC(C)c1nc(Cl)cc(NC(C(N)=O)C(C)C)n1. The van der Waals surface area contributed by atoms with Crippen LogP contribution in [0.1, 0.15) is 39.4 Å². The van der Waals surface area contributed by atoms with Crippen LogP contribution in [0.4, 0.5) is 5.82 Å². The number of amides is 1. The summed E-state index contributed by atoms with van der Waals surface area (Å²) in [6, 6.07) is 1.11. The fourth-order valence-electron chi connectivity index (χ4n) is 1.49. The standard InChI is InChI=1S/C12H19ClN4O/c1-6(2)10(11(14)18)16-9-5-8(13)15-12(17-9)7(3)4/h5-7,10H,1-4H3,(H2,14,18)(H,15,16,17). The molecular formula is C12H19ClN4O. The van der Waals surface area contributed by atoms with Gasteiger partial charge < -0.3 is 11.1 Å². The van der Waals surface area contributed by atoms with E-state index < -0.39 is 11.9 Å². The van der Waals surface area contributed by atoms with E-state index in [1.54, 1.807) is 6.07 Å². The molecule has 1 atom stereocenters. The minimum absolute atomic E-state index is 0.0683. The number of carbonyl (C=O) groups excluding carboxylic acids is 1. The summed E-state index contributed by atoms with van der Waals surface area (Å²) in [5, 5.41) is 3.35. The predicted octanol–water partition coefficient (Wildman–Crippen LogP) is 2.18. The highest BCUT2D eigenvalue weighted by molar-refractivity contribution is 6.29. The second-order valence-corrected chi connectivity index (χ2v) is 5.24. The van der Waals surface area contributed by atoms with Gasteiger partial charge in [0.2, 0.25) is 5.91 Å². The molecule has 1 aromatic rings. The molecule has 1 heterocycles. The lowest BCUT2D eigenvalue weighted by Gasteiger charge is -2.20. The molecule has 3 N–H and O–H groups in total. The maximum absolute atomic E-state index is 11.3. The van der Waals surface area contributed by atoms with E-state index >= 15 is 0 Å². The molecule has 0 radical (unpaired) electrons. The van der Waals surface area contributed by atoms with E-state index in [1.165, 1.54) is 0 Å². The van der Waals surface area contributed by atoms with Crippen LogP contribution in [-0.2, 0) is 4.79 Å². The summed E-state index contributed by atoms with van der Waals surface area (Å²) in [5.41, 5.74) is 5.34. The monoisotopic (exact) mass is 270 g/mol. The van der Waals surface area contributed by atoms with Gasteiger partial charge in [-0.1, -0.05) is 39.3 Å². The summed E-state index contributed by atoms with van der Waals surface area (Å²) < 4.78 is 0. The van der Waals surface area contributed by atoms with Crippen LogP contribution >= 0.6 is 11.6 Å². The van der Waals surface area contributed by atoms with E-state index in [-0.39, 0.29) is 11.8 Å². The number of rotatable bonds is 5. The van der Waals surface area contributed by atoms with Crippen molar-refractivity contribution < 1.29 is 4.79 Å². The van der Waals surface area contributed by atoms with Gasteiger partial charge in [0, 0.05) is 12.0 Å². The third-order valence-electron chi connectivity index (χ3n) is 2.51. The molecule has 0 saturated carbocycles. The Morgan fingerprint density at radius 1 is 1.33 bits per heavy atom. The number of anilines is 1. The van der Waals surface area contributed by atoms with E-state index in [9.17, 15) is 4.79 Å². The number of aromatic nitrogens is 2. The molecule has 1 aromatic heterocycles. The summed E-state index contributed by atoms with van der Waals surface area (Å²) in [4.78, 5) is 19.8. The van der Waals surface area contributed by atoms with Crippen LogP contribution in [-0.4, -0.2) is 21.9 Å². The first-order chi connectivity index (χ1) is 8.31. The Morgan fingerprint density at radius 3 is 2.39 bits per heavy atom. The minimum atomic E-state index is -0.476. The largest absolute Gasteiger partial charge is 0.368 e. The summed E-state index contributed by atoms with van der Waals surface area (Å²) in [6.45, 7) is 7.77. The van der Waals surface area contributed by atoms with Gasteiger partial charge in [0.05, 0.1) is 0 Å². The Labute approximate surface area is 112 Å². The Balaban J connectivity index is 2.99. The van der Waals surface area contributed by atoms with Crippen molar-refractivity contribution in [2.75, 3.05) is 5.32 Å². The van der Waals surface area contributed by atoms with E-state index in [2.05, 4.69) is 15.3 Å². The van der Waals surface area contributed by atoms with Gasteiger partial charge in [0.1, 0.15) is 22.8 Å². The summed E-state index contributed by atoms with van der Waals surface area (Å²) in [7, 11) is 0. The Bertz CT molecular complexity index is 434. The molecule has 6 heteroatoms. The molecule has 0 bridgehead atoms. The zero-order valence-electron chi connectivity index (χ0n) is 11.1. The highest BCUT2D eigenvalue weighted by Gasteiger charge is 2.20. The predicted molar refractivity (Wildman–Crippen MR) is 72.6 cm³/mol. The van der Waals surface area contributed by atoms with Crippen molar-refractivity contribution >= 4 is 23.3 Å². The molecule has 0 aliphatic rings. The Morgan fingerprint density at radius 2 is 1.94 bits per heavy atom. The molecule has 100 valence electrons. The van der Waals surface area contributed by atoms with Gasteiger partial charge in [-0.3, -0.25) is 4.79 Å². The van der Waals surface area contributed by atoms with Crippen LogP contribution < -0.4 is 11.1 Å². The van der Waals surface area contributed by atoms with Crippen molar-refractivity contribution in [3.8, 4) is 0 Å². The quantitative estimate of drug-likeness (QED) is 0.804. The first kappa shape index (κ1) is 14.7. The number of nitrogens with two attached hydrogens (primary N) is 1. The topological polar surface area (TPSA) is 80.9 Å². The van der Waals surface area contributed by atoms with Crippen LogP contribution in [0.5, 0.6) is 0 Å². The Kier molecular flexibility index (Phi) is 4.90. The molecule has 0 fully saturated rings. The number of nitrogens with zero attached hydrogens (tertiary/aromatic N) is 2. The fraction of sp³-hybridized carbons (Fsp3) is 0.583. The second-order valence-electron chi connectivity index (χ2n) is 4.86. The number of hydrogen-bond acceptors (Lipinski definition) is 4. The zero-order valence-corrected chi connectivity index (χ0v) is 11.8. The molecule has 1 amide bonds. The van der Waals surface area contributed by atoms with Crippen molar-refractivity contribution in [3.63, 3.8) is 0 Å². The van der Waals surface area contributed by atoms with Crippen LogP contribution in [0.2, 0.25) is 5.15 Å². The normalized spacial score (nSPS) is 12.8. The molecule has 18 heavy (non-hydrogen) atoms. The summed E-state index contributed by atoms with van der Waals surface area (Å²) in [5.74, 6) is 0.980.